The van der Waals surface area contributed by atoms with Crippen LogP contribution in [0.2, 0.25) is 0 Å². The SMILES string of the molecule is CN1CCN(CCNC(=O)n2c(=O)n(Cc3ccccc3)c3ccccc32)CC1. The number of carbonyl (C=O) groups excluding carboxylic acids is 1. The Bertz CT molecular complexity index is 1030. The van der Waals surface area contributed by atoms with Gasteiger partial charge in [-0.05, 0) is 24.7 Å². The topological polar surface area (TPSA) is 62.5 Å². The van der Waals surface area contributed by atoms with Gasteiger partial charge in [-0.1, -0.05) is 42.5 Å². The molecule has 0 atom stereocenters. The summed E-state index contributed by atoms with van der Waals surface area (Å²) in [5, 5.41) is 2.92. The smallest absolute Gasteiger partial charge is 0.336 e. The highest BCUT2D eigenvalue weighted by atomic mass is 16.2. The lowest BCUT2D eigenvalue weighted by Crippen LogP contribution is -2.47. The Morgan fingerprint density at radius 1 is 0.931 bits per heavy atom. The van der Waals surface area contributed by atoms with Gasteiger partial charge in [-0.2, -0.15) is 0 Å². The van der Waals surface area contributed by atoms with Crippen molar-refractivity contribution < 1.29 is 4.79 Å². The van der Waals surface area contributed by atoms with Gasteiger partial charge in [-0.3, -0.25) is 9.47 Å². The van der Waals surface area contributed by atoms with Crippen LogP contribution in [0.4, 0.5) is 4.79 Å². The molecule has 0 unspecified atom stereocenters. The van der Waals surface area contributed by atoms with Gasteiger partial charge in [0, 0.05) is 39.3 Å². The second kappa shape index (κ2) is 8.63. The molecule has 0 spiro atoms. The van der Waals surface area contributed by atoms with Gasteiger partial charge in [0.15, 0.2) is 0 Å². The number of piperazine rings is 1. The maximum atomic E-state index is 13.1. The summed E-state index contributed by atoms with van der Waals surface area (Å²) in [5.41, 5.74) is 2.10. The molecule has 0 aliphatic carbocycles. The minimum absolute atomic E-state index is 0.313. The van der Waals surface area contributed by atoms with E-state index in [0.717, 1.165) is 43.8 Å². The molecule has 152 valence electrons. The Morgan fingerprint density at radius 2 is 1.59 bits per heavy atom. The Labute approximate surface area is 170 Å². The number of amides is 1. The minimum atomic E-state index is -0.368. The van der Waals surface area contributed by atoms with Crippen molar-refractivity contribution in [2.45, 2.75) is 6.54 Å². The molecule has 0 radical (unpaired) electrons. The molecule has 2 heterocycles. The van der Waals surface area contributed by atoms with Gasteiger partial charge in [-0.15, -0.1) is 0 Å². The molecule has 0 saturated carbocycles. The lowest BCUT2D eigenvalue weighted by molar-refractivity contribution is 0.155. The van der Waals surface area contributed by atoms with Gasteiger partial charge < -0.3 is 10.2 Å². The summed E-state index contributed by atoms with van der Waals surface area (Å²) in [6, 6.07) is 16.9. The molecule has 1 aliphatic heterocycles. The van der Waals surface area contributed by atoms with Crippen molar-refractivity contribution in [3.8, 4) is 0 Å². The van der Waals surface area contributed by atoms with Gasteiger partial charge in [0.2, 0.25) is 0 Å². The van der Waals surface area contributed by atoms with E-state index in [2.05, 4.69) is 22.2 Å². The third kappa shape index (κ3) is 4.26. The third-order valence-corrected chi connectivity index (χ3v) is 5.52. The number of hydrogen-bond acceptors (Lipinski definition) is 4. The fourth-order valence-electron chi connectivity index (χ4n) is 3.79. The van der Waals surface area contributed by atoms with Crippen LogP contribution in [0.25, 0.3) is 11.0 Å². The summed E-state index contributed by atoms with van der Waals surface area (Å²) in [6.07, 6.45) is 0. The van der Waals surface area contributed by atoms with Crippen LogP contribution in [0.5, 0.6) is 0 Å². The summed E-state index contributed by atoms with van der Waals surface area (Å²) in [7, 11) is 2.12. The molecule has 7 heteroatoms. The lowest BCUT2D eigenvalue weighted by Gasteiger charge is -2.32. The molecular weight excluding hydrogens is 366 g/mol. The number of nitrogens with zero attached hydrogens (tertiary/aromatic N) is 4. The number of imidazole rings is 1. The summed E-state index contributed by atoms with van der Waals surface area (Å²) >= 11 is 0. The van der Waals surface area contributed by atoms with E-state index in [4.69, 9.17) is 0 Å². The number of para-hydroxylation sites is 2. The van der Waals surface area contributed by atoms with Crippen molar-refractivity contribution >= 4 is 17.1 Å². The van der Waals surface area contributed by atoms with E-state index < -0.39 is 0 Å². The van der Waals surface area contributed by atoms with Crippen LogP contribution in [-0.4, -0.2) is 71.3 Å². The number of hydrogen-bond donors (Lipinski definition) is 1. The lowest BCUT2D eigenvalue weighted by atomic mass is 10.2. The predicted octanol–water partition coefficient (Wildman–Crippen LogP) is 1.66. The summed E-state index contributed by atoms with van der Waals surface area (Å²) in [4.78, 5) is 30.6. The van der Waals surface area contributed by atoms with Crippen molar-refractivity contribution in [1.29, 1.82) is 0 Å². The largest absolute Gasteiger partial charge is 0.337 e. The van der Waals surface area contributed by atoms with Gasteiger partial charge in [0.05, 0.1) is 17.6 Å². The number of benzene rings is 2. The fraction of sp³-hybridized carbons (Fsp3) is 0.364. The molecule has 7 nitrogen and oxygen atoms in total. The van der Waals surface area contributed by atoms with E-state index in [0.29, 0.717) is 18.6 Å². The number of fused-ring (bicyclic) bond motifs is 1. The van der Waals surface area contributed by atoms with Crippen LogP contribution in [0, 0.1) is 0 Å². The summed E-state index contributed by atoms with van der Waals surface area (Å²) in [5.74, 6) is 0. The first-order valence-corrected chi connectivity index (χ1v) is 10.1. The van der Waals surface area contributed by atoms with E-state index in [1.807, 2.05) is 54.6 Å². The molecule has 0 bridgehead atoms. The molecule has 1 amide bonds. The van der Waals surface area contributed by atoms with E-state index in [9.17, 15) is 9.59 Å². The van der Waals surface area contributed by atoms with Gasteiger partial charge in [0.25, 0.3) is 0 Å². The van der Waals surface area contributed by atoms with Crippen molar-refractivity contribution in [3.05, 3.63) is 70.6 Å². The number of nitrogens with one attached hydrogen (secondary N) is 1. The fourth-order valence-corrected chi connectivity index (χ4v) is 3.79. The highest BCUT2D eigenvalue weighted by molar-refractivity contribution is 5.89. The molecule has 2 aromatic carbocycles. The molecule has 1 aliphatic rings. The first kappa shape index (κ1) is 19.4. The van der Waals surface area contributed by atoms with Gasteiger partial charge in [-0.25, -0.2) is 14.2 Å². The number of aromatic nitrogens is 2. The molecule has 1 fully saturated rings. The standard InChI is InChI=1S/C22H27N5O2/c1-24-13-15-25(16-14-24)12-11-23-21(28)27-20-10-6-5-9-19(20)26(22(27)29)17-18-7-3-2-4-8-18/h2-10H,11-17H2,1H3,(H,23,28). The quantitative estimate of drug-likeness (QED) is 0.716. The highest BCUT2D eigenvalue weighted by Gasteiger charge is 2.19. The number of carbonyl (C=O) groups is 1. The van der Waals surface area contributed by atoms with Gasteiger partial charge in [0.1, 0.15) is 0 Å². The van der Waals surface area contributed by atoms with Crippen molar-refractivity contribution in [2.75, 3.05) is 46.3 Å². The monoisotopic (exact) mass is 393 g/mol. The van der Waals surface area contributed by atoms with Crippen LogP contribution >= 0.6 is 0 Å². The zero-order valence-electron chi connectivity index (χ0n) is 16.8. The zero-order chi connectivity index (χ0) is 20.2. The van der Waals surface area contributed by atoms with Crippen LogP contribution in [0.15, 0.2) is 59.4 Å². The van der Waals surface area contributed by atoms with Crippen LogP contribution in [-0.2, 0) is 6.54 Å². The van der Waals surface area contributed by atoms with E-state index in [1.165, 1.54) is 4.57 Å². The highest BCUT2D eigenvalue weighted by Crippen LogP contribution is 2.14. The molecule has 4 rings (SSSR count). The average Bonchev–Trinajstić information content (AvgIpc) is 3.02. The molecule has 1 saturated heterocycles. The maximum absolute atomic E-state index is 13.1. The van der Waals surface area contributed by atoms with E-state index >= 15 is 0 Å². The van der Waals surface area contributed by atoms with Crippen molar-refractivity contribution in [1.82, 2.24) is 24.3 Å². The zero-order valence-corrected chi connectivity index (χ0v) is 16.8. The molecular formula is C22H27N5O2. The second-order valence-corrected chi connectivity index (χ2v) is 7.56. The molecule has 1 aromatic heterocycles. The second-order valence-electron chi connectivity index (χ2n) is 7.56. The molecule has 1 N–H and O–H groups in total. The van der Waals surface area contributed by atoms with E-state index in [-0.39, 0.29) is 11.7 Å². The van der Waals surface area contributed by atoms with Crippen molar-refractivity contribution in [2.24, 2.45) is 0 Å². The van der Waals surface area contributed by atoms with Gasteiger partial charge >= 0.3 is 11.7 Å². The van der Waals surface area contributed by atoms with Crippen molar-refractivity contribution in [3.63, 3.8) is 0 Å². The van der Waals surface area contributed by atoms with Crippen LogP contribution < -0.4 is 11.0 Å². The Hall–Kier alpha value is -2.90. The third-order valence-electron chi connectivity index (χ3n) is 5.52. The molecule has 3 aromatic rings. The maximum Gasteiger partial charge on any atom is 0.337 e. The van der Waals surface area contributed by atoms with Crippen LogP contribution in [0.1, 0.15) is 5.56 Å². The normalized spacial score (nSPS) is 15.6. The van der Waals surface area contributed by atoms with E-state index in [1.54, 1.807) is 4.57 Å². The number of rotatable bonds is 5. The Balaban J connectivity index is 1.51. The predicted molar refractivity (Wildman–Crippen MR) is 114 cm³/mol. The minimum Gasteiger partial charge on any atom is -0.336 e. The first-order valence-electron chi connectivity index (χ1n) is 10.1. The summed E-state index contributed by atoms with van der Waals surface area (Å²) < 4.78 is 2.91. The molecule has 29 heavy (non-hydrogen) atoms. The Kier molecular flexibility index (Phi) is 5.78. The summed E-state index contributed by atoms with van der Waals surface area (Å²) in [6.45, 7) is 5.83. The van der Waals surface area contributed by atoms with Crippen LogP contribution in [0.3, 0.4) is 0 Å². The number of likely N-dealkylation sites (N-methyl/N-ethyl adjacent to an activating group) is 1. The Morgan fingerprint density at radius 3 is 2.31 bits per heavy atom. The first-order chi connectivity index (χ1) is 14.1. The average molecular weight is 393 g/mol.